The number of nitrogens with zero attached hydrogens (tertiary/aromatic N) is 5. The van der Waals surface area contributed by atoms with Gasteiger partial charge in [-0.2, -0.15) is 10.3 Å². The molecule has 0 aliphatic heterocycles. The fourth-order valence-electron chi connectivity index (χ4n) is 3.09. The molecule has 0 amide bonds. The molecule has 1 aliphatic rings. The van der Waals surface area contributed by atoms with Crippen molar-refractivity contribution in [3.05, 3.63) is 23.7 Å². The Morgan fingerprint density at radius 3 is 2.64 bits per heavy atom. The van der Waals surface area contributed by atoms with E-state index in [9.17, 15) is 9.90 Å². The van der Waals surface area contributed by atoms with Crippen LogP contribution in [0, 0.1) is 0 Å². The van der Waals surface area contributed by atoms with Gasteiger partial charge in [0.05, 0.1) is 11.9 Å². The number of hydrogen-bond acceptors (Lipinski definition) is 8. The van der Waals surface area contributed by atoms with E-state index in [-0.39, 0.29) is 0 Å². The number of nitrogen functional groups attached to an aromatic ring is 1. The molecule has 154 valence electrons. The lowest BCUT2D eigenvalue weighted by Gasteiger charge is -2.33. The van der Waals surface area contributed by atoms with Gasteiger partial charge in [0, 0.05) is 13.0 Å². The first-order valence-electron chi connectivity index (χ1n) is 9.73. The summed E-state index contributed by atoms with van der Waals surface area (Å²) in [4.78, 5) is 11.2. The second kappa shape index (κ2) is 11.3. The molecule has 0 radical (unpaired) electrons. The number of carboxylic acid groups (broad SMARTS) is 1. The second-order valence-electron chi connectivity index (χ2n) is 6.86. The zero-order chi connectivity index (χ0) is 20.2. The Balaban J connectivity index is 0.000000202. The summed E-state index contributed by atoms with van der Waals surface area (Å²) in [6.45, 7) is 2.73. The number of nitrogens with two attached hydrogens (primary N) is 1. The number of aromatic nitrogens is 6. The van der Waals surface area contributed by atoms with E-state index >= 15 is 0 Å². The van der Waals surface area contributed by atoms with Crippen molar-refractivity contribution < 1.29 is 14.6 Å². The van der Waals surface area contributed by atoms with E-state index in [4.69, 9.17) is 10.5 Å². The SMILES string of the molecule is CCCCCOC1(C(=O)O)CCCCC1.Nc1n[nH]nc1Cc1ccnnn1. The summed E-state index contributed by atoms with van der Waals surface area (Å²) in [7, 11) is 0. The number of anilines is 1. The molecule has 2 heterocycles. The van der Waals surface area contributed by atoms with Gasteiger partial charge in [0.15, 0.2) is 11.4 Å². The van der Waals surface area contributed by atoms with Gasteiger partial charge in [0.25, 0.3) is 0 Å². The van der Waals surface area contributed by atoms with Gasteiger partial charge in [0.1, 0.15) is 5.69 Å². The van der Waals surface area contributed by atoms with Crippen molar-refractivity contribution in [1.29, 1.82) is 0 Å². The molecule has 1 saturated carbocycles. The summed E-state index contributed by atoms with van der Waals surface area (Å²) in [6.07, 6.45) is 9.82. The normalized spacial score (nSPS) is 15.5. The molecule has 1 aliphatic carbocycles. The zero-order valence-electron chi connectivity index (χ0n) is 16.3. The van der Waals surface area contributed by atoms with Crippen molar-refractivity contribution in [3.8, 4) is 0 Å². The van der Waals surface area contributed by atoms with E-state index in [0.717, 1.165) is 44.2 Å². The number of carboxylic acids is 1. The summed E-state index contributed by atoms with van der Waals surface area (Å²) in [5.74, 6) is -0.377. The summed E-state index contributed by atoms with van der Waals surface area (Å²) < 4.78 is 5.63. The van der Waals surface area contributed by atoms with E-state index < -0.39 is 11.6 Å². The Bertz CT molecular complexity index is 702. The monoisotopic (exact) mass is 391 g/mol. The predicted molar refractivity (Wildman–Crippen MR) is 102 cm³/mol. The van der Waals surface area contributed by atoms with Crippen LogP contribution in [0.4, 0.5) is 5.82 Å². The lowest BCUT2D eigenvalue weighted by Crippen LogP contribution is -2.43. The lowest BCUT2D eigenvalue weighted by atomic mass is 9.84. The topological polar surface area (TPSA) is 153 Å². The number of ether oxygens (including phenoxy) is 1. The first kappa shape index (κ1) is 21.7. The van der Waals surface area contributed by atoms with Crippen molar-refractivity contribution in [2.24, 2.45) is 0 Å². The van der Waals surface area contributed by atoms with Crippen LogP contribution in [0.3, 0.4) is 0 Å². The molecular formula is C18H29N7O3. The minimum Gasteiger partial charge on any atom is -0.479 e. The van der Waals surface area contributed by atoms with E-state index in [2.05, 4.69) is 37.7 Å². The number of nitrogens with one attached hydrogen (secondary N) is 1. The first-order chi connectivity index (χ1) is 13.6. The maximum atomic E-state index is 11.2. The van der Waals surface area contributed by atoms with Crippen LogP contribution in [-0.4, -0.2) is 54.1 Å². The van der Waals surface area contributed by atoms with Crippen LogP contribution < -0.4 is 5.73 Å². The van der Waals surface area contributed by atoms with Crippen molar-refractivity contribution >= 4 is 11.8 Å². The molecule has 0 bridgehead atoms. The van der Waals surface area contributed by atoms with Crippen molar-refractivity contribution in [1.82, 2.24) is 30.8 Å². The highest BCUT2D eigenvalue weighted by molar-refractivity contribution is 5.77. The van der Waals surface area contributed by atoms with E-state index in [1.54, 1.807) is 12.3 Å². The minimum atomic E-state index is -0.855. The number of carbonyl (C=O) groups is 1. The van der Waals surface area contributed by atoms with Gasteiger partial charge in [-0.25, -0.2) is 4.79 Å². The Labute approximate surface area is 164 Å². The third-order valence-corrected chi connectivity index (χ3v) is 4.74. The molecular weight excluding hydrogens is 362 g/mol. The fraction of sp³-hybridized carbons (Fsp3) is 0.667. The van der Waals surface area contributed by atoms with Crippen molar-refractivity contribution in [2.45, 2.75) is 70.3 Å². The minimum absolute atomic E-state index is 0.388. The number of H-pyrrole nitrogens is 1. The molecule has 0 aromatic carbocycles. The molecule has 0 spiro atoms. The number of hydrogen-bond donors (Lipinski definition) is 3. The van der Waals surface area contributed by atoms with Crippen LogP contribution in [-0.2, 0) is 16.0 Å². The predicted octanol–water partition coefficient (Wildman–Crippen LogP) is 2.14. The number of aliphatic carboxylic acids is 1. The van der Waals surface area contributed by atoms with Crippen LogP contribution in [0.1, 0.15) is 69.7 Å². The highest BCUT2D eigenvalue weighted by Gasteiger charge is 2.40. The number of unbranched alkanes of at least 4 members (excludes halogenated alkanes) is 2. The largest absolute Gasteiger partial charge is 0.479 e. The maximum Gasteiger partial charge on any atom is 0.335 e. The smallest absolute Gasteiger partial charge is 0.335 e. The zero-order valence-corrected chi connectivity index (χ0v) is 16.3. The van der Waals surface area contributed by atoms with Crippen molar-refractivity contribution in [3.63, 3.8) is 0 Å². The van der Waals surface area contributed by atoms with Gasteiger partial charge < -0.3 is 15.6 Å². The van der Waals surface area contributed by atoms with Gasteiger partial charge in [-0.15, -0.1) is 15.3 Å². The van der Waals surface area contributed by atoms with Gasteiger partial charge in [-0.3, -0.25) is 0 Å². The van der Waals surface area contributed by atoms with Crippen molar-refractivity contribution in [2.75, 3.05) is 12.3 Å². The average molecular weight is 391 g/mol. The van der Waals surface area contributed by atoms with Crippen LogP contribution in [0.5, 0.6) is 0 Å². The second-order valence-corrected chi connectivity index (χ2v) is 6.86. The Morgan fingerprint density at radius 1 is 1.29 bits per heavy atom. The first-order valence-corrected chi connectivity index (χ1v) is 9.73. The van der Waals surface area contributed by atoms with Crippen LogP contribution in [0.25, 0.3) is 0 Å². The molecule has 28 heavy (non-hydrogen) atoms. The standard InChI is InChI=1S/C12H22O3.C6H7N7/c1-2-3-7-10-15-12(11(13)14)8-5-4-6-9-12;7-6-5(10-13-11-6)3-4-1-2-8-12-9-4/h2-10H2,1H3,(H,13,14);1-2H,3H2,(H3,7,10,11,13). The van der Waals surface area contributed by atoms with E-state index in [0.29, 0.717) is 37.4 Å². The molecule has 1 fully saturated rings. The number of aromatic amines is 1. The molecule has 10 heteroatoms. The highest BCUT2D eigenvalue weighted by Crippen LogP contribution is 2.32. The summed E-state index contributed by atoms with van der Waals surface area (Å²) >= 11 is 0. The molecule has 3 rings (SSSR count). The Morgan fingerprint density at radius 2 is 2.07 bits per heavy atom. The molecule has 2 aromatic heterocycles. The fourth-order valence-corrected chi connectivity index (χ4v) is 3.09. The van der Waals surface area contributed by atoms with Crippen LogP contribution in [0.15, 0.2) is 12.3 Å². The summed E-state index contributed by atoms with van der Waals surface area (Å²) in [6, 6.07) is 1.75. The third kappa shape index (κ3) is 6.52. The average Bonchev–Trinajstić information content (AvgIpc) is 3.12. The maximum absolute atomic E-state index is 11.2. The van der Waals surface area contributed by atoms with Gasteiger partial charge in [-0.05, 0) is 43.4 Å². The molecule has 0 unspecified atom stereocenters. The van der Waals surface area contributed by atoms with E-state index in [1.807, 2.05) is 0 Å². The lowest BCUT2D eigenvalue weighted by molar-refractivity contribution is -0.171. The van der Waals surface area contributed by atoms with Gasteiger partial charge in [0.2, 0.25) is 0 Å². The number of rotatable bonds is 8. The molecule has 0 saturated heterocycles. The quantitative estimate of drug-likeness (QED) is 0.574. The Hall–Kier alpha value is -2.62. The van der Waals surface area contributed by atoms with Crippen LogP contribution >= 0.6 is 0 Å². The van der Waals surface area contributed by atoms with Crippen LogP contribution in [0.2, 0.25) is 0 Å². The molecule has 4 N–H and O–H groups in total. The Kier molecular flexibility index (Phi) is 8.73. The molecule has 0 atom stereocenters. The summed E-state index contributed by atoms with van der Waals surface area (Å²) in [5, 5.41) is 30.1. The highest BCUT2D eigenvalue weighted by atomic mass is 16.5. The molecule has 10 nitrogen and oxygen atoms in total. The summed E-state index contributed by atoms with van der Waals surface area (Å²) in [5.41, 5.74) is 6.09. The van der Waals surface area contributed by atoms with E-state index in [1.165, 1.54) is 0 Å². The molecule has 2 aromatic rings. The van der Waals surface area contributed by atoms with Gasteiger partial charge >= 0.3 is 5.97 Å². The van der Waals surface area contributed by atoms with Gasteiger partial charge in [-0.1, -0.05) is 26.2 Å². The third-order valence-electron chi connectivity index (χ3n) is 4.74.